The van der Waals surface area contributed by atoms with Crippen molar-refractivity contribution in [2.45, 2.75) is 301 Å². The van der Waals surface area contributed by atoms with Gasteiger partial charge >= 0.3 is 0 Å². The van der Waals surface area contributed by atoms with E-state index in [4.69, 9.17) is 0 Å². The molecular weight excluding hydrogens is 1080 g/mol. The first-order valence-corrected chi connectivity index (χ1v) is 22.9. The van der Waals surface area contributed by atoms with Crippen LogP contribution < -0.4 is 0 Å². The van der Waals surface area contributed by atoms with Crippen LogP contribution in [0.3, 0.4) is 0 Å². The molecule has 0 aromatic heterocycles. The van der Waals surface area contributed by atoms with Crippen LogP contribution in [0.5, 0.6) is 0 Å². The third kappa shape index (κ3) is 88.4. The van der Waals surface area contributed by atoms with E-state index in [0.717, 1.165) is 51.4 Å². The van der Waals surface area contributed by atoms with Gasteiger partial charge in [-0.15, -0.1) is 0 Å². The molecule has 0 aliphatic heterocycles. The average Bonchev–Trinajstić information content (AvgIpc) is 2.94. The fraction of sp³-hybridized carbons (Fsp3) is 0.867. The maximum atomic E-state index is 3.58. The quantitative estimate of drug-likeness (QED) is 0.171. The summed E-state index contributed by atoms with van der Waals surface area (Å²) < 4.78 is 0. The predicted molar refractivity (Wildman–Crippen MR) is 288 cm³/mol. The van der Waals surface area contributed by atoms with Crippen molar-refractivity contribution in [3.8, 4) is 0 Å². The third-order valence-corrected chi connectivity index (χ3v) is 8.16. The molecule has 0 atom stereocenters. The fourth-order valence-electron chi connectivity index (χ4n) is 5.37. The molecule has 0 N–H and O–H groups in total. The molecule has 0 nitrogen and oxygen atoms in total. The first-order chi connectivity index (χ1) is 24.6. The molecule has 0 bridgehead atoms. The molecular formula is C60H124Y4-4. The zero-order valence-electron chi connectivity index (χ0n) is 46.8. The van der Waals surface area contributed by atoms with Gasteiger partial charge in [-0.05, 0) is 21.7 Å². The summed E-state index contributed by atoms with van der Waals surface area (Å²) in [4.78, 5) is 0. The van der Waals surface area contributed by atoms with Crippen LogP contribution in [-0.2, 0) is 131 Å². The minimum atomic E-state index is 0. The van der Waals surface area contributed by atoms with Crippen molar-refractivity contribution in [1.82, 2.24) is 0 Å². The molecule has 0 aromatic carbocycles. The van der Waals surface area contributed by atoms with E-state index in [1.54, 1.807) is 0 Å². The minimum Gasteiger partial charge on any atom is -0.497 e. The summed E-state index contributed by atoms with van der Waals surface area (Å²) in [5.41, 5.74) is 9.06. The first kappa shape index (κ1) is 96.8. The Kier molecular flexibility index (Phi) is 68.1. The molecule has 0 rings (SSSR count). The molecule has 4 heteroatoms. The summed E-state index contributed by atoms with van der Waals surface area (Å²) >= 11 is 0. The summed E-state index contributed by atoms with van der Waals surface area (Å²) in [6, 6.07) is 0. The van der Waals surface area contributed by atoms with E-state index in [1.807, 2.05) is 0 Å². The number of allylic oxidation sites excluding steroid dienone is 8. The Bertz CT molecular complexity index is 938. The molecule has 0 aromatic rings. The Morgan fingerprint density at radius 3 is 0.406 bits per heavy atom. The van der Waals surface area contributed by atoms with Crippen LogP contribution in [0.25, 0.3) is 0 Å². The van der Waals surface area contributed by atoms with Crippen molar-refractivity contribution in [3.05, 3.63) is 46.6 Å². The van der Waals surface area contributed by atoms with Crippen molar-refractivity contribution >= 4 is 0 Å². The van der Waals surface area contributed by atoms with Gasteiger partial charge in [0.05, 0.1) is 0 Å². The number of hydrogen-bond donors (Lipinski definition) is 0. The Morgan fingerprint density at radius 1 is 0.234 bits per heavy atom. The third-order valence-electron chi connectivity index (χ3n) is 8.16. The molecule has 0 amide bonds. The predicted octanol–water partition coefficient (Wildman–Crippen LogP) is 22.5. The van der Waals surface area contributed by atoms with Crippen LogP contribution >= 0.6 is 0 Å². The maximum absolute atomic E-state index is 3.58. The summed E-state index contributed by atoms with van der Waals surface area (Å²) in [5, 5.41) is 0. The van der Waals surface area contributed by atoms with Gasteiger partial charge in [-0.25, -0.2) is 0 Å². The maximum Gasteiger partial charge on any atom is 0 e. The minimum absolute atomic E-state index is 0. The molecule has 0 aliphatic rings. The molecule has 0 fully saturated rings. The van der Waals surface area contributed by atoms with Crippen LogP contribution in [0, 0.1) is 67.6 Å². The summed E-state index contributed by atoms with van der Waals surface area (Å²) in [6.07, 6.45) is 27.9. The zero-order valence-corrected chi connectivity index (χ0v) is 58.1. The van der Waals surface area contributed by atoms with E-state index < -0.39 is 0 Å². The van der Waals surface area contributed by atoms with Gasteiger partial charge in [0.1, 0.15) is 0 Å². The molecule has 4 radical (unpaired) electrons. The van der Waals surface area contributed by atoms with Crippen molar-refractivity contribution in [2.75, 3.05) is 0 Å². The molecule has 0 aliphatic carbocycles. The fourth-order valence-corrected chi connectivity index (χ4v) is 5.37. The second kappa shape index (κ2) is 45.0. The van der Waals surface area contributed by atoms with E-state index in [1.165, 1.54) is 48.0 Å². The van der Waals surface area contributed by atoms with Gasteiger partial charge in [-0.3, -0.25) is 22.3 Å². The van der Waals surface area contributed by atoms with Crippen molar-refractivity contribution in [3.63, 3.8) is 0 Å². The summed E-state index contributed by atoms with van der Waals surface area (Å²) in [7, 11) is 0. The molecule has 0 saturated carbocycles. The van der Waals surface area contributed by atoms with Crippen LogP contribution in [0.2, 0.25) is 0 Å². The molecule has 0 unspecified atom stereocenters. The Labute approximate surface area is 514 Å². The van der Waals surface area contributed by atoms with Gasteiger partial charge in [-0.2, -0.15) is 25.7 Å². The van der Waals surface area contributed by atoms with E-state index in [-0.39, 0.29) is 161 Å². The monoisotopic (exact) mass is 1200 g/mol. The molecule has 0 spiro atoms. The van der Waals surface area contributed by atoms with E-state index in [2.05, 4.69) is 218 Å². The summed E-state index contributed by atoms with van der Waals surface area (Å²) in [5.74, 6) is 0. The standard InChI is InChI=1S/4C14H27.4CH4.4Y/c4*1-8-12(11-14(5,6)7)9-10-13(2,3)4;;;;;;;;/h4*8,10-11H2,1-7H3;4*1H4;;;;/q4*-1;;;;;;;;. The zero-order chi connectivity index (χ0) is 45.6. The normalized spacial score (nSPS) is 12.8. The van der Waals surface area contributed by atoms with Crippen LogP contribution in [0.15, 0.2) is 22.3 Å². The second-order valence-corrected chi connectivity index (χ2v) is 26.4. The SMILES string of the molecule is C.C.C.C.CCC(=[C-]CC(C)(C)C)CC(C)(C)C.CCC(=[C-]CC(C)(C)C)CC(C)(C)C.CCC(=[C-]CC(C)(C)C)CC(C)(C)C.CCC(=[C-]CC(C)(C)C)CC(C)(C)C.[Y].[Y].[Y].[Y]. The smallest absolute Gasteiger partial charge is 0 e. The molecule has 0 saturated heterocycles. The molecule has 380 valence electrons. The van der Waals surface area contributed by atoms with Crippen molar-refractivity contribution in [2.24, 2.45) is 43.3 Å². The average molecular weight is 1200 g/mol. The first-order valence-electron chi connectivity index (χ1n) is 22.9. The largest absolute Gasteiger partial charge is 0.497 e. The van der Waals surface area contributed by atoms with Crippen LogP contribution in [0.4, 0.5) is 0 Å². The Balaban J connectivity index is -0.0000000541. The van der Waals surface area contributed by atoms with Gasteiger partial charge in [0.15, 0.2) is 0 Å². The van der Waals surface area contributed by atoms with Crippen LogP contribution in [-0.4, -0.2) is 0 Å². The van der Waals surface area contributed by atoms with Crippen molar-refractivity contribution in [1.29, 1.82) is 0 Å². The number of rotatable bonds is 12. The van der Waals surface area contributed by atoms with Crippen LogP contribution in [0.1, 0.15) is 301 Å². The van der Waals surface area contributed by atoms with Gasteiger partial charge in [0.25, 0.3) is 0 Å². The van der Waals surface area contributed by atoms with E-state index in [0.29, 0.717) is 43.3 Å². The van der Waals surface area contributed by atoms with Gasteiger partial charge in [0, 0.05) is 131 Å². The van der Waals surface area contributed by atoms with Crippen molar-refractivity contribution < 1.29 is 131 Å². The summed E-state index contributed by atoms with van der Waals surface area (Å²) in [6.45, 7) is 63.7. The molecule has 0 heterocycles. The number of hydrogen-bond acceptors (Lipinski definition) is 0. The van der Waals surface area contributed by atoms with Gasteiger partial charge in [0.2, 0.25) is 0 Å². The van der Waals surface area contributed by atoms with E-state index in [9.17, 15) is 0 Å². The van der Waals surface area contributed by atoms with Gasteiger partial charge in [-0.1, -0.05) is 297 Å². The Hall–Kier alpha value is 3.38. The molecule has 64 heavy (non-hydrogen) atoms. The second-order valence-electron chi connectivity index (χ2n) is 26.4. The van der Waals surface area contributed by atoms with Gasteiger partial charge < -0.3 is 24.3 Å². The topological polar surface area (TPSA) is 0 Å². The Morgan fingerprint density at radius 2 is 0.344 bits per heavy atom. The van der Waals surface area contributed by atoms with E-state index >= 15 is 0 Å².